The van der Waals surface area contributed by atoms with Crippen molar-refractivity contribution in [1.29, 1.82) is 0 Å². The number of nitrogens with one attached hydrogen (secondary N) is 1. The first-order valence-corrected chi connectivity index (χ1v) is 4.84. The lowest BCUT2D eigenvalue weighted by atomic mass is 10.1. The number of nitrogens with zero attached hydrogens (tertiary/aromatic N) is 1. The maximum absolute atomic E-state index is 11.0. The van der Waals surface area contributed by atoms with Gasteiger partial charge in [-0.15, -0.1) is 4.72 Å². The van der Waals surface area contributed by atoms with Gasteiger partial charge in [0.15, 0.2) is 0 Å². The molecule has 57 valence electrons. The highest BCUT2D eigenvalue weighted by molar-refractivity contribution is 7.90. The minimum absolute atomic E-state index is 0.215. The Labute approximate surface area is 60.0 Å². The third-order valence-corrected chi connectivity index (χ3v) is 3.98. The molecule has 0 amide bonds. The van der Waals surface area contributed by atoms with Crippen molar-refractivity contribution in [3.05, 3.63) is 0 Å². The summed E-state index contributed by atoms with van der Waals surface area (Å²) in [7, 11) is -3.06. The van der Waals surface area contributed by atoms with E-state index in [0.717, 1.165) is 6.54 Å². The van der Waals surface area contributed by atoms with E-state index in [4.69, 9.17) is 0 Å². The minimum Gasteiger partial charge on any atom is -0.315 e. The second kappa shape index (κ2) is 1.93. The van der Waals surface area contributed by atoms with Gasteiger partial charge < -0.3 is 5.32 Å². The zero-order valence-corrected chi connectivity index (χ0v) is 6.26. The minimum atomic E-state index is -3.06. The molecule has 0 aliphatic carbocycles. The van der Waals surface area contributed by atoms with Gasteiger partial charge in [-0.2, -0.15) is 0 Å². The number of hydrogen-bond acceptors (Lipinski definition) is 3. The molecule has 2 atom stereocenters. The van der Waals surface area contributed by atoms with Crippen molar-refractivity contribution in [2.24, 2.45) is 5.92 Å². The van der Waals surface area contributed by atoms with Gasteiger partial charge in [-0.1, -0.05) is 0 Å². The molecule has 0 bridgehead atoms. The van der Waals surface area contributed by atoms with E-state index in [1.165, 1.54) is 0 Å². The van der Waals surface area contributed by atoms with Crippen LogP contribution < -0.4 is 10.0 Å². The van der Waals surface area contributed by atoms with E-state index < -0.39 is 10.0 Å². The fourth-order valence-corrected chi connectivity index (χ4v) is 3.12. The van der Waals surface area contributed by atoms with Crippen molar-refractivity contribution in [3.8, 4) is 0 Å². The molecule has 2 aliphatic rings. The highest BCUT2D eigenvalue weighted by Crippen LogP contribution is 2.22. The molecule has 0 saturated carbocycles. The Hall–Kier alpha value is -0.130. The molecule has 1 radical (unpaired) electrons. The Morgan fingerprint density at radius 3 is 2.90 bits per heavy atom. The van der Waals surface area contributed by atoms with Crippen molar-refractivity contribution in [1.82, 2.24) is 10.0 Å². The van der Waals surface area contributed by atoms with E-state index in [-0.39, 0.29) is 11.2 Å². The SMILES string of the molecule is O=S1(=O)[N]CC2CNCC21. The van der Waals surface area contributed by atoms with Gasteiger partial charge in [-0.25, -0.2) is 8.42 Å². The van der Waals surface area contributed by atoms with Crippen molar-refractivity contribution in [2.45, 2.75) is 5.25 Å². The molecule has 2 aliphatic heterocycles. The third-order valence-electron chi connectivity index (χ3n) is 2.15. The largest absolute Gasteiger partial charge is 0.315 e. The first-order chi connectivity index (χ1) is 4.70. The predicted molar refractivity (Wildman–Crippen MR) is 36.1 cm³/mol. The average molecular weight is 161 g/mol. The van der Waals surface area contributed by atoms with Crippen molar-refractivity contribution < 1.29 is 8.42 Å². The standard InChI is InChI=1S/C5H9N2O2S/c8-10(9)5-3-6-1-4(5)2-7-10/h4-6H,1-3H2. The molecular formula is C5H9N2O2S. The molecule has 0 aromatic carbocycles. The van der Waals surface area contributed by atoms with Gasteiger partial charge in [-0.05, 0) is 0 Å². The summed E-state index contributed by atoms with van der Waals surface area (Å²) >= 11 is 0. The maximum atomic E-state index is 11.0. The molecule has 4 nitrogen and oxygen atoms in total. The Morgan fingerprint density at radius 2 is 2.20 bits per heavy atom. The van der Waals surface area contributed by atoms with E-state index in [1.54, 1.807) is 0 Å². The molecule has 2 heterocycles. The maximum Gasteiger partial charge on any atom is 0.232 e. The van der Waals surface area contributed by atoms with E-state index in [1.807, 2.05) is 0 Å². The summed E-state index contributed by atoms with van der Waals surface area (Å²) in [6, 6.07) is 0. The van der Waals surface area contributed by atoms with Crippen LogP contribution in [-0.2, 0) is 10.0 Å². The summed E-state index contributed by atoms with van der Waals surface area (Å²) < 4.78 is 25.7. The molecule has 0 aromatic heterocycles. The summed E-state index contributed by atoms with van der Waals surface area (Å²) in [5.74, 6) is 0.255. The Morgan fingerprint density at radius 1 is 1.40 bits per heavy atom. The van der Waals surface area contributed by atoms with Crippen LogP contribution in [0.5, 0.6) is 0 Å². The smallest absolute Gasteiger partial charge is 0.232 e. The quantitative estimate of drug-likeness (QED) is 0.471. The lowest BCUT2D eigenvalue weighted by Crippen LogP contribution is -2.24. The Kier molecular flexibility index (Phi) is 1.27. The first kappa shape index (κ1) is 6.57. The summed E-state index contributed by atoms with van der Waals surface area (Å²) in [4.78, 5) is 0. The number of rotatable bonds is 0. The fourth-order valence-electron chi connectivity index (χ4n) is 1.54. The van der Waals surface area contributed by atoms with Crippen molar-refractivity contribution in [2.75, 3.05) is 19.6 Å². The Bertz CT molecular complexity index is 236. The monoisotopic (exact) mass is 161 g/mol. The van der Waals surface area contributed by atoms with Crippen LogP contribution in [0, 0.1) is 5.92 Å². The lowest BCUT2D eigenvalue weighted by molar-refractivity contribution is 0.582. The second-order valence-electron chi connectivity index (χ2n) is 2.78. The predicted octanol–water partition coefficient (Wildman–Crippen LogP) is -1.48. The first-order valence-electron chi connectivity index (χ1n) is 3.33. The molecule has 2 rings (SSSR count). The topological polar surface area (TPSA) is 60.3 Å². The van der Waals surface area contributed by atoms with Gasteiger partial charge in [0, 0.05) is 25.6 Å². The number of sulfonamides is 1. The van der Waals surface area contributed by atoms with E-state index in [0.29, 0.717) is 13.1 Å². The van der Waals surface area contributed by atoms with Gasteiger partial charge in [0.05, 0.1) is 5.25 Å². The normalized spacial score (nSPS) is 43.6. The van der Waals surface area contributed by atoms with Gasteiger partial charge >= 0.3 is 0 Å². The van der Waals surface area contributed by atoms with Crippen LogP contribution in [0.15, 0.2) is 0 Å². The molecule has 2 unspecified atom stereocenters. The molecule has 0 spiro atoms. The molecule has 2 saturated heterocycles. The average Bonchev–Trinajstić information content (AvgIpc) is 2.36. The summed E-state index contributed by atoms with van der Waals surface area (Å²) in [6.07, 6.45) is 0. The number of hydrogen-bond donors (Lipinski definition) is 1. The highest BCUT2D eigenvalue weighted by atomic mass is 32.2. The molecule has 10 heavy (non-hydrogen) atoms. The molecule has 0 aromatic rings. The molecular weight excluding hydrogens is 152 g/mol. The third kappa shape index (κ3) is 0.777. The zero-order valence-electron chi connectivity index (χ0n) is 5.45. The van der Waals surface area contributed by atoms with Crippen LogP contribution in [0.3, 0.4) is 0 Å². The molecule has 5 heteroatoms. The van der Waals surface area contributed by atoms with Crippen molar-refractivity contribution in [3.63, 3.8) is 0 Å². The van der Waals surface area contributed by atoms with Gasteiger partial charge in [0.2, 0.25) is 10.0 Å². The molecule has 2 fully saturated rings. The molecule has 1 N–H and O–H groups in total. The van der Waals surface area contributed by atoms with Crippen LogP contribution in [0.2, 0.25) is 0 Å². The van der Waals surface area contributed by atoms with Crippen molar-refractivity contribution >= 4 is 10.0 Å². The highest BCUT2D eigenvalue weighted by Gasteiger charge is 2.43. The summed E-state index contributed by atoms with van der Waals surface area (Å²) in [6.45, 7) is 1.91. The van der Waals surface area contributed by atoms with Crippen LogP contribution in [0.4, 0.5) is 0 Å². The van der Waals surface area contributed by atoms with E-state index in [9.17, 15) is 8.42 Å². The van der Waals surface area contributed by atoms with Gasteiger partial charge in [0.25, 0.3) is 0 Å². The second-order valence-corrected chi connectivity index (χ2v) is 4.68. The van der Waals surface area contributed by atoms with Gasteiger partial charge in [0.1, 0.15) is 0 Å². The van der Waals surface area contributed by atoms with E-state index >= 15 is 0 Å². The van der Waals surface area contributed by atoms with Crippen LogP contribution in [0.25, 0.3) is 0 Å². The van der Waals surface area contributed by atoms with Crippen LogP contribution in [-0.4, -0.2) is 33.3 Å². The zero-order chi connectivity index (χ0) is 7.19. The van der Waals surface area contributed by atoms with E-state index in [2.05, 4.69) is 10.0 Å². The van der Waals surface area contributed by atoms with Crippen LogP contribution in [0.1, 0.15) is 0 Å². The summed E-state index contributed by atoms with van der Waals surface area (Å²) in [5, 5.41) is 2.83. The number of fused-ring (bicyclic) bond motifs is 1. The van der Waals surface area contributed by atoms with Gasteiger partial charge in [-0.3, -0.25) is 0 Å². The van der Waals surface area contributed by atoms with Crippen LogP contribution >= 0.6 is 0 Å². The Balaban J connectivity index is 2.32. The fraction of sp³-hybridized carbons (Fsp3) is 1.00. The summed E-state index contributed by atoms with van der Waals surface area (Å²) in [5.41, 5.74) is 0. The lowest BCUT2D eigenvalue weighted by Gasteiger charge is -2.00.